The van der Waals surface area contributed by atoms with Crippen molar-refractivity contribution >= 4 is 5.91 Å². The molecule has 1 N–H and O–H groups in total. The summed E-state index contributed by atoms with van der Waals surface area (Å²) in [4.78, 5) is 10.8. The van der Waals surface area contributed by atoms with Crippen LogP contribution in [0.15, 0.2) is 35.6 Å². The second kappa shape index (κ2) is 3.90. The first-order valence-electron chi connectivity index (χ1n) is 4.01. The van der Waals surface area contributed by atoms with Crippen molar-refractivity contribution in [3.63, 3.8) is 0 Å². The molecule has 0 aromatic carbocycles. The fourth-order valence-electron chi connectivity index (χ4n) is 1.06. The van der Waals surface area contributed by atoms with Gasteiger partial charge in [0.1, 0.15) is 0 Å². The minimum absolute atomic E-state index is 0.0238. The molecule has 0 heterocycles. The Balaban J connectivity index is 2.83. The number of amides is 1. The van der Waals surface area contributed by atoms with E-state index in [1.54, 1.807) is 0 Å². The van der Waals surface area contributed by atoms with Gasteiger partial charge in [-0.15, -0.1) is 0 Å². The smallest absolute Gasteiger partial charge is 0.221 e. The molecule has 1 aliphatic carbocycles. The van der Waals surface area contributed by atoms with Crippen molar-refractivity contribution in [1.29, 1.82) is 0 Å². The van der Waals surface area contributed by atoms with Gasteiger partial charge in [0.05, 0.1) is 0 Å². The van der Waals surface area contributed by atoms with Crippen molar-refractivity contribution in [2.45, 2.75) is 20.3 Å². The van der Waals surface area contributed by atoms with E-state index in [4.69, 9.17) is 0 Å². The number of carbonyl (C=O) groups excluding carboxylic acids is 1. The molecule has 0 aromatic heterocycles. The predicted molar refractivity (Wildman–Crippen MR) is 49.4 cm³/mol. The Kier molecular flexibility index (Phi) is 2.86. The summed E-state index contributed by atoms with van der Waals surface area (Å²) in [7, 11) is 0. The molecule has 64 valence electrons. The number of hydrogen-bond donors (Lipinski definition) is 1. The molecule has 0 aliphatic heterocycles. The summed E-state index contributed by atoms with van der Waals surface area (Å²) >= 11 is 0. The van der Waals surface area contributed by atoms with Crippen molar-refractivity contribution in [1.82, 2.24) is 5.32 Å². The summed E-state index contributed by atoms with van der Waals surface area (Å²) in [6, 6.07) is 0. The monoisotopic (exact) mass is 163 g/mol. The topological polar surface area (TPSA) is 29.1 Å². The van der Waals surface area contributed by atoms with Crippen LogP contribution in [0.5, 0.6) is 0 Å². The van der Waals surface area contributed by atoms with Gasteiger partial charge in [-0.2, -0.15) is 0 Å². The highest BCUT2D eigenvalue weighted by Gasteiger charge is 1.99. The van der Waals surface area contributed by atoms with Crippen LogP contribution in [0.1, 0.15) is 20.3 Å². The molecule has 0 atom stereocenters. The molecule has 0 bridgehead atoms. The number of carbonyl (C=O) groups is 1. The Morgan fingerprint density at radius 2 is 2.08 bits per heavy atom. The third kappa shape index (κ3) is 2.38. The summed E-state index contributed by atoms with van der Waals surface area (Å²) in [5.41, 5.74) is 2.00. The second-order valence-corrected chi connectivity index (χ2v) is 2.82. The van der Waals surface area contributed by atoms with Crippen LogP contribution in [0, 0.1) is 0 Å². The molecule has 1 amide bonds. The first-order valence-corrected chi connectivity index (χ1v) is 4.01. The zero-order valence-electron chi connectivity index (χ0n) is 7.42. The number of hydrogen-bond acceptors (Lipinski definition) is 1. The summed E-state index contributed by atoms with van der Waals surface area (Å²) < 4.78 is 0. The molecule has 1 rings (SSSR count). The lowest BCUT2D eigenvalue weighted by Crippen LogP contribution is -2.18. The van der Waals surface area contributed by atoms with E-state index in [1.807, 2.05) is 25.2 Å². The average Bonchev–Trinajstić information content (AvgIpc) is 2.16. The highest BCUT2D eigenvalue weighted by atomic mass is 16.1. The maximum atomic E-state index is 10.8. The van der Waals surface area contributed by atoms with Crippen molar-refractivity contribution in [3.05, 3.63) is 35.6 Å². The molecule has 0 aromatic rings. The summed E-state index contributed by atoms with van der Waals surface area (Å²) in [5, 5.41) is 2.77. The third-order valence-electron chi connectivity index (χ3n) is 1.66. The zero-order valence-corrected chi connectivity index (χ0v) is 7.42. The lowest BCUT2D eigenvalue weighted by atomic mass is 10.2. The van der Waals surface area contributed by atoms with Gasteiger partial charge >= 0.3 is 0 Å². The Hall–Kier alpha value is -1.31. The van der Waals surface area contributed by atoms with Crippen molar-refractivity contribution in [2.24, 2.45) is 0 Å². The van der Waals surface area contributed by atoms with E-state index in [0.717, 1.165) is 17.7 Å². The third-order valence-corrected chi connectivity index (χ3v) is 1.66. The summed E-state index contributed by atoms with van der Waals surface area (Å²) in [5.74, 6) is -0.0238. The zero-order chi connectivity index (χ0) is 8.97. The fourth-order valence-corrected chi connectivity index (χ4v) is 1.06. The first-order chi connectivity index (χ1) is 5.70. The molecule has 0 radical (unpaired) electrons. The van der Waals surface area contributed by atoms with Gasteiger partial charge in [0.15, 0.2) is 0 Å². The van der Waals surface area contributed by atoms with Crippen LogP contribution in [-0.4, -0.2) is 5.91 Å². The normalized spacial score (nSPS) is 16.2. The van der Waals surface area contributed by atoms with E-state index in [2.05, 4.69) is 11.4 Å². The SMILES string of the molecule is CC(=O)NC1=C(C)C=CCC=C1. The predicted octanol–water partition coefficient (Wildman–Crippen LogP) is 1.91. The summed E-state index contributed by atoms with van der Waals surface area (Å²) in [6.07, 6.45) is 8.99. The van der Waals surface area contributed by atoms with Crippen LogP contribution < -0.4 is 5.32 Å². The van der Waals surface area contributed by atoms with Gasteiger partial charge in [0, 0.05) is 12.6 Å². The van der Waals surface area contributed by atoms with Gasteiger partial charge in [-0.25, -0.2) is 0 Å². The lowest BCUT2D eigenvalue weighted by molar-refractivity contribution is -0.118. The number of rotatable bonds is 1. The van der Waals surface area contributed by atoms with Gasteiger partial charge < -0.3 is 5.32 Å². The second-order valence-electron chi connectivity index (χ2n) is 2.82. The number of allylic oxidation sites excluding steroid dienone is 5. The average molecular weight is 163 g/mol. The van der Waals surface area contributed by atoms with Gasteiger partial charge in [0.25, 0.3) is 0 Å². The Morgan fingerprint density at radius 3 is 2.75 bits per heavy atom. The quantitative estimate of drug-likeness (QED) is 0.628. The van der Waals surface area contributed by atoms with E-state index in [-0.39, 0.29) is 5.91 Å². The van der Waals surface area contributed by atoms with Crippen LogP contribution in [0.4, 0.5) is 0 Å². The fraction of sp³-hybridized carbons (Fsp3) is 0.300. The molecule has 2 heteroatoms. The van der Waals surface area contributed by atoms with Crippen molar-refractivity contribution in [2.75, 3.05) is 0 Å². The van der Waals surface area contributed by atoms with E-state index in [0.29, 0.717) is 0 Å². The molecule has 0 fully saturated rings. The van der Waals surface area contributed by atoms with Crippen LogP contribution >= 0.6 is 0 Å². The van der Waals surface area contributed by atoms with E-state index in [9.17, 15) is 4.79 Å². The molecular formula is C10H13NO. The van der Waals surface area contributed by atoms with Crippen molar-refractivity contribution in [3.8, 4) is 0 Å². The minimum atomic E-state index is -0.0238. The van der Waals surface area contributed by atoms with Crippen LogP contribution in [0.25, 0.3) is 0 Å². The maximum absolute atomic E-state index is 10.8. The van der Waals surface area contributed by atoms with Crippen LogP contribution in [0.2, 0.25) is 0 Å². The molecular weight excluding hydrogens is 150 g/mol. The van der Waals surface area contributed by atoms with Gasteiger partial charge in [-0.1, -0.05) is 18.2 Å². The molecule has 0 saturated heterocycles. The summed E-state index contributed by atoms with van der Waals surface area (Å²) in [6.45, 7) is 3.50. The maximum Gasteiger partial charge on any atom is 0.221 e. The molecule has 0 saturated carbocycles. The highest BCUT2D eigenvalue weighted by Crippen LogP contribution is 2.09. The Labute approximate surface area is 72.7 Å². The molecule has 1 aliphatic rings. The Morgan fingerprint density at radius 1 is 1.42 bits per heavy atom. The first kappa shape index (κ1) is 8.78. The van der Waals surface area contributed by atoms with Crippen LogP contribution in [-0.2, 0) is 4.79 Å². The van der Waals surface area contributed by atoms with Crippen molar-refractivity contribution < 1.29 is 4.79 Å². The van der Waals surface area contributed by atoms with Gasteiger partial charge in [-0.05, 0) is 25.0 Å². The lowest BCUT2D eigenvalue weighted by Gasteiger charge is -2.04. The largest absolute Gasteiger partial charge is 0.326 e. The van der Waals surface area contributed by atoms with Gasteiger partial charge in [-0.3, -0.25) is 4.79 Å². The molecule has 12 heavy (non-hydrogen) atoms. The highest BCUT2D eigenvalue weighted by molar-refractivity contribution is 5.75. The molecule has 0 unspecified atom stereocenters. The van der Waals surface area contributed by atoms with E-state index < -0.39 is 0 Å². The van der Waals surface area contributed by atoms with Gasteiger partial charge in [0.2, 0.25) is 5.91 Å². The van der Waals surface area contributed by atoms with E-state index >= 15 is 0 Å². The van der Waals surface area contributed by atoms with Crippen LogP contribution in [0.3, 0.4) is 0 Å². The number of nitrogens with one attached hydrogen (secondary N) is 1. The minimum Gasteiger partial charge on any atom is -0.326 e. The Bertz CT molecular complexity index is 272. The van der Waals surface area contributed by atoms with E-state index in [1.165, 1.54) is 6.92 Å². The molecule has 0 spiro atoms. The standard InChI is InChI=1S/C10H13NO/c1-8-6-4-3-5-7-10(8)11-9(2)12/h4-7H,3H2,1-2H3,(H,11,12). The molecule has 2 nitrogen and oxygen atoms in total.